The molecule has 5 heteroatoms. The standard InChI is InChI=1S/C4H8F2N2.ClH/c5-3(6)4(7)1-8-2-4;/h3,8H,1-2,7H2;1H. The van der Waals surface area contributed by atoms with Crippen molar-refractivity contribution in [2.75, 3.05) is 13.1 Å². The lowest BCUT2D eigenvalue weighted by Crippen LogP contribution is -2.69. The Labute approximate surface area is 58.2 Å². The first-order chi connectivity index (χ1) is 3.65. The van der Waals surface area contributed by atoms with E-state index < -0.39 is 12.0 Å². The second kappa shape index (κ2) is 2.77. The Balaban J connectivity index is 0.000000640. The molecule has 0 aromatic heterocycles. The quantitative estimate of drug-likeness (QED) is 0.563. The summed E-state index contributed by atoms with van der Waals surface area (Å²) in [7, 11) is 0. The highest BCUT2D eigenvalue weighted by Crippen LogP contribution is 2.15. The number of nitrogens with one attached hydrogen (secondary N) is 1. The lowest BCUT2D eigenvalue weighted by atomic mass is 9.95. The maximum absolute atomic E-state index is 11.7. The van der Waals surface area contributed by atoms with Gasteiger partial charge in [0.05, 0.1) is 0 Å². The predicted octanol–water partition coefficient (Wildman–Crippen LogP) is -0.0260. The van der Waals surface area contributed by atoms with Crippen molar-refractivity contribution in [2.45, 2.75) is 12.0 Å². The summed E-state index contributed by atoms with van der Waals surface area (Å²) in [5.41, 5.74) is 3.91. The van der Waals surface area contributed by atoms with Crippen molar-refractivity contribution < 1.29 is 8.78 Å². The number of alkyl halides is 2. The molecule has 0 aromatic rings. The van der Waals surface area contributed by atoms with Gasteiger partial charge in [0.15, 0.2) is 0 Å². The molecule has 56 valence electrons. The molecule has 1 aliphatic heterocycles. The van der Waals surface area contributed by atoms with E-state index in [1.165, 1.54) is 0 Å². The minimum Gasteiger partial charge on any atom is -0.318 e. The molecule has 0 unspecified atom stereocenters. The van der Waals surface area contributed by atoms with Crippen molar-refractivity contribution in [3.05, 3.63) is 0 Å². The Bertz CT molecular complexity index is 94.6. The van der Waals surface area contributed by atoms with Gasteiger partial charge in [0, 0.05) is 13.1 Å². The van der Waals surface area contributed by atoms with Crippen LogP contribution in [-0.2, 0) is 0 Å². The molecule has 0 aromatic carbocycles. The van der Waals surface area contributed by atoms with Crippen LogP contribution < -0.4 is 11.1 Å². The highest BCUT2D eigenvalue weighted by Gasteiger charge is 2.41. The van der Waals surface area contributed by atoms with Gasteiger partial charge in [-0.2, -0.15) is 0 Å². The summed E-state index contributed by atoms with van der Waals surface area (Å²) in [4.78, 5) is 0. The van der Waals surface area contributed by atoms with Crippen LogP contribution in [0, 0.1) is 0 Å². The first-order valence-corrected chi connectivity index (χ1v) is 2.43. The van der Waals surface area contributed by atoms with Gasteiger partial charge in [0.25, 0.3) is 6.43 Å². The van der Waals surface area contributed by atoms with Crippen molar-refractivity contribution in [3.63, 3.8) is 0 Å². The maximum Gasteiger partial charge on any atom is 0.258 e. The van der Waals surface area contributed by atoms with E-state index in [4.69, 9.17) is 5.73 Å². The molecule has 0 aliphatic carbocycles. The van der Waals surface area contributed by atoms with Crippen molar-refractivity contribution in [3.8, 4) is 0 Å². The summed E-state index contributed by atoms with van der Waals surface area (Å²) in [6, 6.07) is 0. The Kier molecular flexibility index (Phi) is 2.79. The molecule has 1 fully saturated rings. The van der Waals surface area contributed by atoms with Gasteiger partial charge in [-0.05, 0) is 0 Å². The van der Waals surface area contributed by atoms with Gasteiger partial charge >= 0.3 is 0 Å². The van der Waals surface area contributed by atoms with Crippen molar-refractivity contribution in [1.29, 1.82) is 0 Å². The summed E-state index contributed by atoms with van der Waals surface area (Å²) in [5.74, 6) is 0. The van der Waals surface area contributed by atoms with E-state index in [0.29, 0.717) is 0 Å². The first kappa shape index (κ1) is 9.07. The number of hydrogen-bond donors (Lipinski definition) is 2. The molecule has 0 spiro atoms. The first-order valence-electron chi connectivity index (χ1n) is 2.43. The Morgan fingerprint density at radius 2 is 1.89 bits per heavy atom. The molecule has 1 rings (SSSR count). The summed E-state index contributed by atoms with van der Waals surface area (Å²) in [6.07, 6.45) is -2.39. The summed E-state index contributed by atoms with van der Waals surface area (Å²) in [5, 5.41) is 2.68. The smallest absolute Gasteiger partial charge is 0.258 e. The van der Waals surface area contributed by atoms with Gasteiger partial charge in [0.2, 0.25) is 0 Å². The van der Waals surface area contributed by atoms with E-state index >= 15 is 0 Å². The second-order valence-corrected chi connectivity index (χ2v) is 2.14. The fraction of sp³-hybridized carbons (Fsp3) is 1.00. The average Bonchev–Trinajstić information content (AvgIpc) is 1.60. The van der Waals surface area contributed by atoms with E-state index in [1.807, 2.05) is 0 Å². The number of rotatable bonds is 1. The molecular formula is C4H9ClF2N2. The van der Waals surface area contributed by atoms with Crippen LogP contribution in [0.2, 0.25) is 0 Å². The van der Waals surface area contributed by atoms with Crippen LogP contribution in [0.3, 0.4) is 0 Å². The SMILES string of the molecule is Cl.NC1(C(F)F)CNC1. The largest absolute Gasteiger partial charge is 0.318 e. The topological polar surface area (TPSA) is 38.0 Å². The van der Waals surface area contributed by atoms with Crippen LogP contribution in [0.25, 0.3) is 0 Å². The van der Waals surface area contributed by atoms with Crippen LogP contribution in [-0.4, -0.2) is 25.1 Å². The molecule has 1 aliphatic rings. The molecule has 0 atom stereocenters. The third kappa shape index (κ3) is 1.50. The third-order valence-electron chi connectivity index (χ3n) is 1.34. The van der Waals surface area contributed by atoms with Crippen molar-refractivity contribution in [1.82, 2.24) is 5.32 Å². The lowest BCUT2D eigenvalue weighted by molar-refractivity contribution is 0.0231. The summed E-state index contributed by atoms with van der Waals surface area (Å²) < 4.78 is 23.4. The predicted molar refractivity (Wildman–Crippen MR) is 33.0 cm³/mol. The monoisotopic (exact) mass is 158 g/mol. The van der Waals surface area contributed by atoms with Crippen LogP contribution >= 0.6 is 12.4 Å². The number of halogens is 3. The minimum atomic E-state index is -2.39. The molecule has 0 bridgehead atoms. The number of hydrogen-bond acceptors (Lipinski definition) is 2. The average molecular weight is 159 g/mol. The maximum atomic E-state index is 11.7. The molecule has 3 N–H and O–H groups in total. The zero-order valence-corrected chi connectivity index (χ0v) is 5.55. The van der Waals surface area contributed by atoms with Crippen LogP contribution in [0.5, 0.6) is 0 Å². The van der Waals surface area contributed by atoms with E-state index in [0.717, 1.165) is 0 Å². The molecular weight excluding hydrogens is 150 g/mol. The van der Waals surface area contributed by atoms with Gasteiger partial charge in [-0.25, -0.2) is 8.78 Å². The Hall–Kier alpha value is 0.0700. The molecule has 2 nitrogen and oxygen atoms in total. The van der Waals surface area contributed by atoms with Gasteiger partial charge in [-0.15, -0.1) is 12.4 Å². The van der Waals surface area contributed by atoms with Crippen LogP contribution in [0.4, 0.5) is 8.78 Å². The molecule has 0 radical (unpaired) electrons. The molecule has 0 saturated carbocycles. The zero-order chi connectivity index (χ0) is 6.20. The molecule has 9 heavy (non-hydrogen) atoms. The highest BCUT2D eigenvalue weighted by atomic mass is 35.5. The van der Waals surface area contributed by atoms with E-state index in [9.17, 15) is 8.78 Å². The summed E-state index contributed by atoms with van der Waals surface area (Å²) >= 11 is 0. The van der Waals surface area contributed by atoms with E-state index in [2.05, 4.69) is 5.32 Å². The van der Waals surface area contributed by atoms with Gasteiger partial charge in [-0.1, -0.05) is 0 Å². The fourth-order valence-electron chi connectivity index (χ4n) is 0.568. The van der Waals surface area contributed by atoms with Crippen molar-refractivity contribution >= 4 is 12.4 Å². The van der Waals surface area contributed by atoms with Crippen LogP contribution in [0.15, 0.2) is 0 Å². The van der Waals surface area contributed by atoms with E-state index in [1.54, 1.807) is 0 Å². The molecule has 0 amide bonds. The fourth-order valence-corrected chi connectivity index (χ4v) is 0.568. The zero-order valence-electron chi connectivity index (χ0n) is 4.73. The molecule has 1 heterocycles. The van der Waals surface area contributed by atoms with Crippen molar-refractivity contribution in [2.24, 2.45) is 5.73 Å². The Morgan fingerprint density at radius 3 is 1.89 bits per heavy atom. The third-order valence-corrected chi connectivity index (χ3v) is 1.34. The highest BCUT2D eigenvalue weighted by molar-refractivity contribution is 5.85. The van der Waals surface area contributed by atoms with E-state index in [-0.39, 0.29) is 25.5 Å². The lowest BCUT2D eigenvalue weighted by Gasteiger charge is -2.37. The van der Waals surface area contributed by atoms with Gasteiger partial charge in [-0.3, -0.25) is 0 Å². The summed E-state index contributed by atoms with van der Waals surface area (Å²) in [6.45, 7) is 0.481. The normalized spacial score (nSPS) is 22.7. The molecule has 1 saturated heterocycles. The Morgan fingerprint density at radius 1 is 1.44 bits per heavy atom. The minimum absolute atomic E-state index is 0. The van der Waals surface area contributed by atoms with Crippen LogP contribution in [0.1, 0.15) is 0 Å². The second-order valence-electron chi connectivity index (χ2n) is 2.14. The van der Waals surface area contributed by atoms with Gasteiger partial charge < -0.3 is 11.1 Å². The van der Waals surface area contributed by atoms with Gasteiger partial charge in [0.1, 0.15) is 5.54 Å². The number of nitrogens with two attached hydrogens (primary N) is 1.